The van der Waals surface area contributed by atoms with E-state index in [9.17, 15) is 4.39 Å². The molecule has 21 heavy (non-hydrogen) atoms. The molecule has 0 aliphatic rings. The van der Waals surface area contributed by atoms with E-state index in [4.69, 9.17) is 23.8 Å². The molecule has 0 aliphatic carbocycles. The van der Waals surface area contributed by atoms with Crippen LogP contribution >= 0.6 is 23.8 Å². The van der Waals surface area contributed by atoms with E-state index in [1.54, 1.807) is 30.5 Å². The smallest absolute Gasteiger partial charge is 0.171 e. The summed E-state index contributed by atoms with van der Waals surface area (Å²) in [7, 11) is 0. The summed E-state index contributed by atoms with van der Waals surface area (Å²) in [5.41, 5.74) is 1.11. The molecular formula is C15H15ClFN3S. The topological polar surface area (TPSA) is 37.0 Å². The van der Waals surface area contributed by atoms with Gasteiger partial charge < -0.3 is 10.6 Å². The van der Waals surface area contributed by atoms with Crippen LogP contribution < -0.4 is 10.6 Å². The van der Waals surface area contributed by atoms with E-state index in [1.165, 1.54) is 12.1 Å². The molecule has 1 aromatic carbocycles. The molecule has 3 nitrogen and oxygen atoms in total. The van der Waals surface area contributed by atoms with Gasteiger partial charge in [0.25, 0.3) is 0 Å². The number of benzene rings is 1. The fourth-order valence-corrected chi connectivity index (χ4v) is 2.07. The highest BCUT2D eigenvalue weighted by atomic mass is 35.5. The van der Waals surface area contributed by atoms with Crippen molar-refractivity contribution in [2.45, 2.75) is 12.8 Å². The van der Waals surface area contributed by atoms with E-state index in [2.05, 4.69) is 15.6 Å². The number of aryl methyl sites for hydroxylation is 1. The Hall–Kier alpha value is -1.72. The number of halogens is 2. The average molecular weight is 324 g/mol. The Balaban J connectivity index is 1.67. The molecule has 1 heterocycles. The number of thiocarbonyl (C=S) groups is 1. The van der Waals surface area contributed by atoms with Gasteiger partial charge in [0.05, 0.1) is 5.02 Å². The van der Waals surface area contributed by atoms with Crippen molar-refractivity contribution in [3.8, 4) is 0 Å². The summed E-state index contributed by atoms with van der Waals surface area (Å²) in [6, 6.07) is 10.0. The van der Waals surface area contributed by atoms with Crippen LogP contribution in [0, 0.1) is 5.82 Å². The number of aromatic nitrogens is 1. The lowest BCUT2D eigenvalue weighted by Gasteiger charge is -2.09. The first kappa shape index (κ1) is 15.7. The molecule has 0 unspecified atom stereocenters. The molecule has 0 aliphatic heterocycles. The van der Waals surface area contributed by atoms with Gasteiger partial charge in [-0.1, -0.05) is 23.7 Å². The van der Waals surface area contributed by atoms with E-state index in [0.717, 1.165) is 24.9 Å². The number of hydrogen-bond acceptors (Lipinski definition) is 2. The third kappa shape index (κ3) is 5.65. The van der Waals surface area contributed by atoms with Crippen LogP contribution in [-0.4, -0.2) is 16.6 Å². The summed E-state index contributed by atoms with van der Waals surface area (Å²) < 4.78 is 12.8. The van der Waals surface area contributed by atoms with Gasteiger partial charge in [0, 0.05) is 12.7 Å². The average Bonchev–Trinajstić information content (AvgIpc) is 2.48. The third-order valence-electron chi connectivity index (χ3n) is 2.81. The van der Waals surface area contributed by atoms with E-state index in [-0.39, 0.29) is 5.82 Å². The van der Waals surface area contributed by atoms with Crippen molar-refractivity contribution in [3.63, 3.8) is 0 Å². The maximum absolute atomic E-state index is 12.8. The first-order valence-corrected chi connectivity index (χ1v) is 7.33. The lowest BCUT2D eigenvalue weighted by Crippen LogP contribution is -2.29. The molecule has 2 N–H and O–H groups in total. The van der Waals surface area contributed by atoms with E-state index in [0.29, 0.717) is 16.0 Å². The van der Waals surface area contributed by atoms with Crippen LogP contribution in [0.3, 0.4) is 0 Å². The largest absolute Gasteiger partial charge is 0.362 e. The highest BCUT2D eigenvalue weighted by molar-refractivity contribution is 7.80. The lowest BCUT2D eigenvalue weighted by atomic mass is 10.1. The van der Waals surface area contributed by atoms with Crippen LogP contribution in [0.15, 0.2) is 42.6 Å². The van der Waals surface area contributed by atoms with Crippen molar-refractivity contribution in [2.24, 2.45) is 0 Å². The van der Waals surface area contributed by atoms with Crippen LogP contribution in [0.25, 0.3) is 0 Å². The van der Waals surface area contributed by atoms with Gasteiger partial charge in [-0.2, -0.15) is 0 Å². The Morgan fingerprint density at radius 1 is 1.19 bits per heavy atom. The summed E-state index contributed by atoms with van der Waals surface area (Å²) in [6.45, 7) is 0.733. The van der Waals surface area contributed by atoms with Crippen LogP contribution in [0.5, 0.6) is 0 Å². The fraction of sp³-hybridized carbons (Fsp3) is 0.200. The third-order valence-corrected chi connectivity index (χ3v) is 3.28. The first-order valence-electron chi connectivity index (χ1n) is 6.54. The molecule has 1 aromatic heterocycles. The SMILES string of the molecule is Fc1ccc(CCCNC(=S)Nc2ccc(Cl)cn2)cc1. The Morgan fingerprint density at radius 3 is 2.62 bits per heavy atom. The Morgan fingerprint density at radius 2 is 1.95 bits per heavy atom. The molecule has 0 fully saturated rings. The van der Waals surface area contributed by atoms with Gasteiger partial charge in [0.2, 0.25) is 0 Å². The zero-order valence-electron chi connectivity index (χ0n) is 11.3. The van der Waals surface area contributed by atoms with Gasteiger partial charge in [-0.25, -0.2) is 9.37 Å². The van der Waals surface area contributed by atoms with Crippen molar-refractivity contribution in [3.05, 3.63) is 59.0 Å². The molecule has 2 aromatic rings. The van der Waals surface area contributed by atoms with Crippen molar-refractivity contribution in [1.82, 2.24) is 10.3 Å². The van der Waals surface area contributed by atoms with Gasteiger partial charge in [-0.05, 0) is 54.9 Å². The highest BCUT2D eigenvalue weighted by Gasteiger charge is 1.99. The molecule has 110 valence electrons. The summed E-state index contributed by atoms with van der Waals surface area (Å²) in [6.07, 6.45) is 3.33. The summed E-state index contributed by atoms with van der Waals surface area (Å²) in [4.78, 5) is 4.10. The van der Waals surface area contributed by atoms with Crippen LogP contribution in [0.4, 0.5) is 10.2 Å². The van der Waals surface area contributed by atoms with Crippen molar-refractivity contribution >= 4 is 34.7 Å². The molecule has 0 amide bonds. The number of nitrogens with zero attached hydrogens (tertiary/aromatic N) is 1. The fourth-order valence-electron chi connectivity index (χ4n) is 1.76. The second-order valence-corrected chi connectivity index (χ2v) is 5.32. The van der Waals surface area contributed by atoms with Gasteiger partial charge in [-0.15, -0.1) is 0 Å². The Kier molecular flexibility index (Phi) is 5.90. The second-order valence-electron chi connectivity index (χ2n) is 4.47. The minimum absolute atomic E-state index is 0.210. The summed E-state index contributed by atoms with van der Waals surface area (Å²) >= 11 is 10.9. The maximum atomic E-state index is 12.8. The van der Waals surface area contributed by atoms with E-state index < -0.39 is 0 Å². The monoisotopic (exact) mass is 323 g/mol. The minimum atomic E-state index is -0.210. The summed E-state index contributed by atoms with van der Waals surface area (Å²) in [5.74, 6) is 0.438. The molecule has 0 bridgehead atoms. The normalized spacial score (nSPS) is 10.2. The lowest BCUT2D eigenvalue weighted by molar-refractivity contribution is 0.626. The predicted octanol–water partition coefficient (Wildman–Crippen LogP) is 3.79. The second kappa shape index (κ2) is 7.90. The molecule has 0 spiro atoms. The standard InChI is InChI=1S/C15H15ClFN3S/c16-12-5-8-14(19-10-12)20-15(21)18-9-1-2-11-3-6-13(17)7-4-11/h3-8,10H,1-2,9H2,(H2,18,19,20,21). The maximum Gasteiger partial charge on any atom is 0.171 e. The zero-order chi connectivity index (χ0) is 15.1. The van der Waals surface area contributed by atoms with Crippen molar-refractivity contribution in [1.29, 1.82) is 0 Å². The quantitative estimate of drug-likeness (QED) is 0.648. The Labute approximate surface area is 133 Å². The van der Waals surface area contributed by atoms with E-state index in [1.807, 2.05) is 0 Å². The summed E-state index contributed by atoms with van der Waals surface area (Å²) in [5, 5.41) is 7.18. The predicted molar refractivity (Wildman–Crippen MR) is 88.2 cm³/mol. The van der Waals surface area contributed by atoms with Crippen LogP contribution in [-0.2, 0) is 6.42 Å². The zero-order valence-corrected chi connectivity index (χ0v) is 12.8. The molecule has 0 saturated carbocycles. The minimum Gasteiger partial charge on any atom is -0.362 e. The first-order chi connectivity index (χ1) is 10.1. The molecule has 0 radical (unpaired) electrons. The van der Waals surface area contributed by atoms with Crippen LogP contribution in [0.1, 0.15) is 12.0 Å². The molecule has 6 heteroatoms. The van der Waals surface area contributed by atoms with Crippen molar-refractivity contribution < 1.29 is 4.39 Å². The number of hydrogen-bond donors (Lipinski definition) is 2. The number of nitrogens with one attached hydrogen (secondary N) is 2. The van der Waals surface area contributed by atoms with Gasteiger partial charge in [-0.3, -0.25) is 0 Å². The molecular weight excluding hydrogens is 309 g/mol. The van der Waals surface area contributed by atoms with Gasteiger partial charge in [0.15, 0.2) is 5.11 Å². The van der Waals surface area contributed by atoms with Crippen molar-refractivity contribution in [2.75, 3.05) is 11.9 Å². The number of anilines is 1. The van der Waals surface area contributed by atoms with Gasteiger partial charge in [0.1, 0.15) is 11.6 Å². The molecule has 2 rings (SSSR count). The van der Waals surface area contributed by atoms with Crippen LogP contribution in [0.2, 0.25) is 5.02 Å². The molecule has 0 saturated heterocycles. The number of pyridine rings is 1. The number of rotatable bonds is 5. The molecule has 0 atom stereocenters. The Bertz CT molecular complexity index is 587. The van der Waals surface area contributed by atoms with E-state index >= 15 is 0 Å². The highest BCUT2D eigenvalue weighted by Crippen LogP contribution is 2.09. The van der Waals surface area contributed by atoms with Gasteiger partial charge >= 0.3 is 0 Å².